The van der Waals surface area contributed by atoms with Crippen molar-refractivity contribution in [3.8, 4) is 5.75 Å². The van der Waals surface area contributed by atoms with Gasteiger partial charge in [0.05, 0.1) is 12.7 Å². The second-order valence-corrected chi connectivity index (χ2v) is 5.58. The van der Waals surface area contributed by atoms with E-state index in [-0.39, 0.29) is 6.10 Å². The van der Waals surface area contributed by atoms with Gasteiger partial charge in [0.25, 0.3) is 0 Å². The Bertz CT molecular complexity index is 394. The molecule has 1 aliphatic rings. The van der Waals surface area contributed by atoms with Crippen LogP contribution in [0.25, 0.3) is 0 Å². The van der Waals surface area contributed by atoms with Crippen molar-refractivity contribution >= 4 is 0 Å². The van der Waals surface area contributed by atoms with Crippen LogP contribution in [0.1, 0.15) is 31.2 Å². The molecule has 0 aromatic heterocycles. The number of hydrogen-bond acceptors (Lipinski definition) is 4. The van der Waals surface area contributed by atoms with Crippen LogP contribution in [0.4, 0.5) is 0 Å². The zero-order valence-electron chi connectivity index (χ0n) is 13.1. The lowest BCUT2D eigenvalue weighted by molar-refractivity contribution is 0.0209. The topological polar surface area (TPSA) is 39.7 Å². The predicted molar refractivity (Wildman–Crippen MR) is 83.7 cm³/mol. The third-order valence-electron chi connectivity index (χ3n) is 3.95. The van der Waals surface area contributed by atoms with E-state index in [2.05, 4.69) is 29.6 Å². The molecule has 0 spiro atoms. The summed E-state index contributed by atoms with van der Waals surface area (Å²) in [7, 11) is 3.51. The first-order chi connectivity index (χ1) is 10.3. The molecule has 118 valence electrons. The fourth-order valence-corrected chi connectivity index (χ4v) is 2.71. The summed E-state index contributed by atoms with van der Waals surface area (Å²) in [5, 5.41) is 3.33. The Hall–Kier alpha value is -1.10. The molecule has 0 aliphatic heterocycles. The Morgan fingerprint density at radius 1 is 1.10 bits per heavy atom. The quantitative estimate of drug-likeness (QED) is 0.748. The van der Waals surface area contributed by atoms with Crippen molar-refractivity contribution in [2.75, 3.05) is 27.4 Å². The number of ether oxygens (including phenoxy) is 3. The van der Waals surface area contributed by atoms with Gasteiger partial charge >= 0.3 is 0 Å². The standard InChI is InChI=1S/C17H27NO3/c1-19-11-10-18-13-14-6-8-15(9-7-14)21-17-5-3-4-16(12-17)20-2/h6-9,16-18H,3-5,10-13H2,1-2H3. The van der Waals surface area contributed by atoms with Gasteiger partial charge in [-0.3, -0.25) is 0 Å². The molecule has 21 heavy (non-hydrogen) atoms. The monoisotopic (exact) mass is 293 g/mol. The first kappa shape index (κ1) is 16.3. The molecule has 0 amide bonds. The van der Waals surface area contributed by atoms with Gasteiger partial charge in [0.1, 0.15) is 11.9 Å². The van der Waals surface area contributed by atoms with Gasteiger partial charge in [-0.25, -0.2) is 0 Å². The normalized spacial score (nSPS) is 22.2. The van der Waals surface area contributed by atoms with Crippen LogP contribution in [-0.2, 0) is 16.0 Å². The van der Waals surface area contributed by atoms with Gasteiger partial charge in [0.2, 0.25) is 0 Å². The molecule has 2 unspecified atom stereocenters. The largest absolute Gasteiger partial charge is 0.490 e. The number of benzene rings is 1. The lowest BCUT2D eigenvalue weighted by Crippen LogP contribution is -2.29. The van der Waals surface area contributed by atoms with Gasteiger partial charge in [0.15, 0.2) is 0 Å². The summed E-state index contributed by atoms with van der Waals surface area (Å²) < 4.78 is 16.5. The molecule has 1 fully saturated rings. The summed E-state index contributed by atoms with van der Waals surface area (Å²) in [6.07, 6.45) is 5.10. The van der Waals surface area contributed by atoms with Crippen molar-refractivity contribution in [2.45, 2.75) is 44.4 Å². The molecular formula is C17H27NO3. The van der Waals surface area contributed by atoms with Crippen molar-refractivity contribution in [3.63, 3.8) is 0 Å². The third-order valence-corrected chi connectivity index (χ3v) is 3.95. The van der Waals surface area contributed by atoms with E-state index >= 15 is 0 Å². The van der Waals surface area contributed by atoms with Crippen LogP contribution in [-0.4, -0.2) is 39.6 Å². The molecule has 1 aromatic carbocycles. The SMILES string of the molecule is COCCNCc1ccc(OC2CCCC(OC)C2)cc1. The molecule has 4 nitrogen and oxygen atoms in total. The molecule has 0 saturated heterocycles. The third kappa shape index (κ3) is 5.65. The highest BCUT2D eigenvalue weighted by molar-refractivity contribution is 5.27. The molecule has 1 saturated carbocycles. The number of nitrogens with one attached hydrogen (secondary N) is 1. The zero-order chi connectivity index (χ0) is 14.9. The van der Waals surface area contributed by atoms with E-state index in [1.54, 1.807) is 14.2 Å². The molecule has 1 aromatic rings. The van der Waals surface area contributed by atoms with Gasteiger partial charge in [-0.05, 0) is 37.0 Å². The highest BCUT2D eigenvalue weighted by Gasteiger charge is 2.22. The van der Waals surface area contributed by atoms with Crippen LogP contribution >= 0.6 is 0 Å². The van der Waals surface area contributed by atoms with E-state index in [0.717, 1.165) is 44.7 Å². The Labute approximate surface area is 127 Å². The number of hydrogen-bond donors (Lipinski definition) is 1. The van der Waals surface area contributed by atoms with E-state index in [1.807, 2.05) is 0 Å². The minimum absolute atomic E-state index is 0.286. The minimum atomic E-state index is 0.286. The van der Waals surface area contributed by atoms with E-state index in [4.69, 9.17) is 14.2 Å². The summed E-state index contributed by atoms with van der Waals surface area (Å²) in [6.45, 7) is 2.47. The Kier molecular flexibility index (Phi) is 7.00. The first-order valence-electron chi connectivity index (χ1n) is 7.80. The van der Waals surface area contributed by atoms with Gasteiger partial charge in [-0.1, -0.05) is 12.1 Å². The molecule has 1 aliphatic carbocycles. The molecule has 2 atom stereocenters. The molecular weight excluding hydrogens is 266 g/mol. The summed E-state index contributed by atoms with van der Waals surface area (Å²) in [5.41, 5.74) is 1.26. The van der Waals surface area contributed by atoms with Crippen LogP contribution < -0.4 is 10.1 Å². The number of methoxy groups -OCH3 is 2. The molecule has 2 rings (SSSR count). The lowest BCUT2D eigenvalue weighted by Gasteiger charge is -2.28. The van der Waals surface area contributed by atoms with Crippen LogP contribution in [0, 0.1) is 0 Å². The molecule has 0 radical (unpaired) electrons. The summed E-state index contributed by atoms with van der Waals surface area (Å²) >= 11 is 0. The van der Waals surface area contributed by atoms with Gasteiger partial charge in [-0.2, -0.15) is 0 Å². The van der Waals surface area contributed by atoms with Crippen molar-refractivity contribution in [1.82, 2.24) is 5.32 Å². The average Bonchev–Trinajstić information content (AvgIpc) is 2.53. The fraction of sp³-hybridized carbons (Fsp3) is 0.647. The van der Waals surface area contributed by atoms with E-state index in [1.165, 1.54) is 12.0 Å². The van der Waals surface area contributed by atoms with Crippen LogP contribution in [0.2, 0.25) is 0 Å². The highest BCUT2D eigenvalue weighted by atomic mass is 16.5. The molecule has 4 heteroatoms. The Morgan fingerprint density at radius 2 is 1.86 bits per heavy atom. The van der Waals surface area contributed by atoms with Crippen LogP contribution in [0.3, 0.4) is 0 Å². The fourth-order valence-electron chi connectivity index (χ4n) is 2.71. The predicted octanol–water partition coefficient (Wildman–Crippen LogP) is 2.76. The molecule has 0 bridgehead atoms. The first-order valence-corrected chi connectivity index (χ1v) is 7.80. The smallest absolute Gasteiger partial charge is 0.119 e. The van der Waals surface area contributed by atoms with Crippen LogP contribution in [0.5, 0.6) is 5.75 Å². The summed E-state index contributed by atoms with van der Waals surface area (Å²) in [6, 6.07) is 8.35. The van der Waals surface area contributed by atoms with E-state index in [9.17, 15) is 0 Å². The lowest BCUT2D eigenvalue weighted by atomic mass is 9.95. The van der Waals surface area contributed by atoms with Gasteiger partial charge in [-0.15, -0.1) is 0 Å². The van der Waals surface area contributed by atoms with Crippen molar-refractivity contribution in [1.29, 1.82) is 0 Å². The van der Waals surface area contributed by atoms with Crippen molar-refractivity contribution < 1.29 is 14.2 Å². The second-order valence-electron chi connectivity index (χ2n) is 5.58. The maximum Gasteiger partial charge on any atom is 0.119 e. The van der Waals surface area contributed by atoms with Gasteiger partial charge in [0, 0.05) is 33.7 Å². The summed E-state index contributed by atoms with van der Waals surface area (Å²) in [5.74, 6) is 0.956. The van der Waals surface area contributed by atoms with E-state index < -0.39 is 0 Å². The van der Waals surface area contributed by atoms with Crippen LogP contribution in [0.15, 0.2) is 24.3 Å². The van der Waals surface area contributed by atoms with Crippen molar-refractivity contribution in [2.24, 2.45) is 0 Å². The minimum Gasteiger partial charge on any atom is -0.490 e. The Morgan fingerprint density at radius 3 is 2.57 bits per heavy atom. The molecule has 1 N–H and O–H groups in total. The second kappa shape index (κ2) is 9.03. The Balaban J connectivity index is 1.76. The zero-order valence-corrected chi connectivity index (χ0v) is 13.1. The maximum atomic E-state index is 6.06. The van der Waals surface area contributed by atoms with Gasteiger partial charge < -0.3 is 19.5 Å². The highest BCUT2D eigenvalue weighted by Crippen LogP contribution is 2.25. The van der Waals surface area contributed by atoms with Crippen molar-refractivity contribution in [3.05, 3.63) is 29.8 Å². The maximum absolute atomic E-state index is 6.06. The summed E-state index contributed by atoms with van der Waals surface area (Å²) in [4.78, 5) is 0. The molecule has 0 heterocycles. The number of rotatable bonds is 8. The average molecular weight is 293 g/mol. The van der Waals surface area contributed by atoms with E-state index in [0.29, 0.717) is 6.10 Å².